The van der Waals surface area contributed by atoms with Gasteiger partial charge in [0.05, 0.1) is 18.1 Å². The molecule has 3 rings (SSSR count). The number of carbonyl (C=O) groups excluding carboxylic acids is 2. The standard InChI is InChI=1S/C21H21FO6S/c1-3-27-19(23)21(20(24)28-4-2)17(14-10-12-15(22)13-11-14)18(21)29(25,26)16-8-6-5-7-9-16/h5-13,17-18H,3-4H2,1-2H3/t17-,18-/m1/s1. The predicted octanol–water partition coefficient (Wildman–Crippen LogP) is 2.88. The van der Waals surface area contributed by atoms with Crippen molar-refractivity contribution in [2.45, 2.75) is 29.9 Å². The third-order valence-corrected chi connectivity index (χ3v) is 7.24. The van der Waals surface area contributed by atoms with Gasteiger partial charge in [-0.05, 0) is 43.7 Å². The first-order valence-corrected chi connectivity index (χ1v) is 10.7. The Morgan fingerprint density at radius 3 is 1.93 bits per heavy atom. The van der Waals surface area contributed by atoms with E-state index in [1.54, 1.807) is 32.0 Å². The maximum Gasteiger partial charge on any atom is 0.325 e. The zero-order valence-electron chi connectivity index (χ0n) is 16.0. The van der Waals surface area contributed by atoms with Gasteiger partial charge in [-0.3, -0.25) is 9.59 Å². The highest BCUT2D eigenvalue weighted by Crippen LogP contribution is 2.65. The predicted molar refractivity (Wildman–Crippen MR) is 102 cm³/mol. The van der Waals surface area contributed by atoms with Crippen molar-refractivity contribution < 1.29 is 31.9 Å². The molecule has 1 aliphatic carbocycles. The van der Waals surface area contributed by atoms with Crippen molar-refractivity contribution >= 4 is 21.8 Å². The van der Waals surface area contributed by atoms with Crippen LogP contribution in [-0.4, -0.2) is 38.8 Å². The quantitative estimate of drug-likeness (QED) is 0.506. The second kappa shape index (κ2) is 7.94. The molecule has 0 aliphatic heterocycles. The van der Waals surface area contributed by atoms with Crippen LogP contribution in [0.1, 0.15) is 25.3 Å². The Morgan fingerprint density at radius 1 is 0.931 bits per heavy atom. The lowest BCUT2D eigenvalue weighted by Crippen LogP contribution is -2.35. The van der Waals surface area contributed by atoms with Crippen molar-refractivity contribution in [1.82, 2.24) is 0 Å². The Bertz CT molecular complexity index is 983. The second-order valence-corrected chi connectivity index (χ2v) is 8.69. The minimum Gasteiger partial charge on any atom is -0.465 e. The van der Waals surface area contributed by atoms with E-state index in [1.807, 2.05) is 0 Å². The van der Waals surface area contributed by atoms with E-state index in [-0.39, 0.29) is 18.1 Å². The van der Waals surface area contributed by atoms with Crippen molar-refractivity contribution in [3.05, 3.63) is 66.0 Å². The summed E-state index contributed by atoms with van der Waals surface area (Å²) in [7, 11) is -4.10. The maximum atomic E-state index is 13.4. The van der Waals surface area contributed by atoms with Crippen LogP contribution in [0, 0.1) is 11.2 Å². The molecule has 0 amide bonds. The molecule has 0 spiro atoms. The van der Waals surface area contributed by atoms with Gasteiger partial charge in [0.2, 0.25) is 0 Å². The molecule has 0 radical (unpaired) electrons. The molecule has 2 aromatic rings. The van der Waals surface area contributed by atoms with Gasteiger partial charge in [-0.25, -0.2) is 12.8 Å². The average Bonchev–Trinajstić information content (AvgIpc) is 3.42. The SMILES string of the molecule is CCOC(=O)C1(C(=O)OCC)[C@H](c2ccc(F)cc2)[C@H]1S(=O)(=O)c1ccccc1. The van der Waals surface area contributed by atoms with E-state index >= 15 is 0 Å². The first kappa shape index (κ1) is 21.0. The molecule has 1 fully saturated rings. The molecule has 0 unspecified atom stereocenters. The molecule has 1 aliphatic rings. The molecule has 0 N–H and O–H groups in total. The number of carbonyl (C=O) groups is 2. The highest BCUT2D eigenvalue weighted by atomic mass is 32.2. The summed E-state index contributed by atoms with van der Waals surface area (Å²) in [5.74, 6) is -3.49. The van der Waals surface area contributed by atoms with Gasteiger partial charge in [-0.1, -0.05) is 30.3 Å². The summed E-state index contributed by atoms with van der Waals surface area (Å²) < 4.78 is 50.4. The van der Waals surface area contributed by atoms with Gasteiger partial charge in [0.15, 0.2) is 15.3 Å². The van der Waals surface area contributed by atoms with E-state index in [0.29, 0.717) is 5.56 Å². The molecule has 29 heavy (non-hydrogen) atoms. The molecule has 2 atom stereocenters. The minimum atomic E-state index is -4.10. The first-order valence-electron chi connectivity index (χ1n) is 9.20. The van der Waals surface area contributed by atoms with Crippen molar-refractivity contribution in [3.8, 4) is 0 Å². The molecule has 2 aromatic carbocycles. The van der Waals surface area contributed by atoms with Crippen LogP contribution >= 0.6 is 0 Å². The van der Waals surface area contributed by atoms with Crippen LogP contribution in [0.5, 0.6) is 0 Å². The maximum absolute atomic E-state index is 13.4. The topological polar surface area (TPSA) is 86.7 Å². The van der Waals surface area contributed by atoms with Gasteiger partial charge in [-0.15, -0.1) is 0 Å². The minimum absolute atomic E-state index is 0.0208. The van der Waals surface area contributed by atoms with Gasteiger partial charge in [-0.2, -0.15) is 0 Å². The third kappa shape index (κ3) is 3.42. The first-order chi connectivity index (χ1) is 13.8. The third-order valence-electron chi connectivity index (χ3n) is 4.99. The molecule has 0 heterocycles. The molecule has 154 valence electrons. The van der Waals surface area contributed by atoms with E-state index in [4.69, 9.17) is 9.47 Å². The Morgan fingerprint density at radius 2 is 1.45 bits per heavy atom. The fourth-order valence-corrected chi connectivity index (χ4v) is 6.02. The number of hydrogen-bond donors (Lipinski definition) is 0. The van der Waals surface area contributed by atoms with Crippen LogP contribution < -0.4 is 0 Å². The summed E-state index contributed by atoms with van der Waals surface area (Å²) >= 11 is 0. The molecule has 0 saturated heterocycles. The zero-order chi connectivity index (χ0) is 21.2. The van der Waals surface area contributed by atoms with Crippen LogP contribution in [0.3, 0.4) is 0 Å². The smallest absolute Gasteiger partial charge is 0.325 e. The lowest BCUT2D eigenvalue weighted by Gasteiger charge is -2.15. The van der Waals surface area contributed by atoms with Gasteiger partial charge in [0.25, 0.3) is 0 Å². The van der Waals surface area contributed by atoms with Crippen LogP contribution in [0.2, 0.25) is 0 Å². The number of hydrogen-bond acceptors (Lipinski definition) is 6. The van der Waals surface area contributed by atoms with Gasteiger partial charge in [0.1, 0.15) is 11.1 Å². The van der Waals surface area contributed by atoms with E-state index in [0.717, 1.165) is 12.1 Å². The highest BCUT2D eigenvalue weighted by molar-refractivity contribution is 7.92. The van der Waals surface area contributed by atoms with Crippen molar-refractivity contribution in [2.75, 3.05) is 13.2 Å². The van der Waals surface area contributed by atoms with Crippen LogP contribution in [0.25, 0.3) is 0 Å². The molecule has 0 aromatic heterocycles. The van der Waals surface area contributed by atoms with Gasteiger partial charge >= 0.3 is 11.9 Å². The number of sulfone groups is 1. The molecule has 0 bridgehead atoms. The Hall–Kier alpha value is -2.74. The molecule has 6 nitrogen and oxygen atoms in total. The van der Waals surface area contributed by atoms with E-state index in [9.17, 15) is 22.4 Å². The lowest BCUT2D eigenvalue weighted by molar-refractivity contribution is -0.164. The van der Waals surface area contributed by atoms with Gasteiger partial charge in [0, 0.05) is 5.92 Å². The number of benzene rings is 2. The summed E-state index contributed by atoms with van der Waals surface area (Å²) in [5.41, 5.74) is -1.70. The fraction of sp³-hybridized carbons (Fsp3) is 0.333. The monoisotopic (exact) mass is 420 g/mol. The lowest BCUT2D eigenvalue weighted by atomic mass is 9.99. The van der Waals surface area contributed by atoms with E-state index in [2.05, 4.69) is 0 Å². The average molecular weight is 420 g/mol. The number of esters is 2. The normalized spacial score (nSPS) is 20.0. The summed E-state index contributed by atoms with van der Waals surface area (Å²) in [4.78, 5) is 25.8. The van der Waals surface area contributed by atoms with E-state index < -0.39 is 44.2 Å². The Labute approximate surface area is 168 Å². The summed E-state index contributed by atoms with van der Waals surface area (Å²) in [6.45, 7) is 3.06. The molecular weight excluding hydrogens is 399 g/mol. The van der Waals surface area contributed by atoms with Crippen molar-refractivity contribution in [1.29, 1.82) is 0 Å². The van der Waals surface area contributed by atoms with Crippen LogP contribution in [-0.2, 0) is 28.9 Å². The largest absolute Gasteiger partial charge is 0.465 e. The summed E-state index contributed by atoms with van der Waals surface area (Å²) in [5, 5.41) is -1.42. The zero-order valence-corrected chi connectivity index (χ0v) is 16.8. The van der Waals surface area contributed by atoms with Crippen LogP contribution in [0.15, 0.2) is 59.5 Å². The second-order valence-electron chi connectivity index (χ2n) is 6.62. The number of halogens is 1. The summed E-state index contributed by atoms with van der Waals surface area (Å²) in [6, 6.07) is 12.6. The van der Waals surface area contributed by atoms with Crippen molar-refractivity contribution in [2.24, 2.45) is 5.41 Å². The number of ether oxygens (including phenoxy) is 2. The molecular formula is C21H21FO6S. The van der Waals surface area contributed by atoms with Crippen LogP contribution in [0.4, 0.5) is 4.39 Å². The summed E-state index contributed by atoms with van der Waals surface area (Å²) in [6.07, 6.45) is 0. The number of rotatable bonds is 7. The van der Waals surface area contributed by atoms with Crippen molar-refractivity contribution in [3.63, 3.8) is 0 Å². The van der Waals surface area contributed by atoms with E-state index in [1.165, 1.54) is 24.3 Å². The molecule has 1 saturated carbocycles. The Balaban J connectivity index is 2.19. The fourth-order valence-electron chi connectivity index (χ4n) is 3.72. The Kier molecular flexibility index (Phi) is 5.75. The molecule has 8 heteroatoms. The highest BCUT2D eigenvalue weighted by Gasteiger charge is 2.81. The van der Waals surface area contributed by atoms with Gasteiger partial charge < -0.3 is 9.47 Å².